The van der Waals surface area contributed by atoms with Crippen LogP contribution in [0.25, 0.3) is 33.3 Å². The van der Waals surface area contributed by atoms with E-state index in [1.54, 1.807) is 36.4 Å². The van der Waals surface area contributed by atoms with Crippen molar-refractivity contribution in [3.8, 4) is 22.4 Å². The normalized spacial score (nSPS) is 10.8. The van der Waals surface area contributed by atoms with E-state index in [0.717, 1.165) is 23.0 Å². The van der Waals surface area contributed by atoms with E-state index in [2.05, 4.69) is 17.6 Å². The molecule has 1 aromatic heterocycles. The first-order chi connectivity index (χ1) is 13.5. The lowest BCUT2D eigenvalue weighted by Gasteiger charge is -2.09. The molecule has 0 aliphatic carbocycles. The number of hydrogen-bond donors (Lipinski definition) is 2. The molecule has 0 aliphatic heterocycles. The van der Waals surface area contributed by atoms with Crippen LogP contribution in [0, 0.1) is 0 Å². The summed E-state index contributed by atoms with van der Waals surface area (Å²) in [6.07, 6.45) is 0.814. The molecule has 0 aliphatic rings. The zero-order valence-corrected chi connectivity index (χ0v) is 15.6. The van der Waals surface area contributed by atoms with Gasteiger partial charge in [-0.15, -0.1) is 12.6 Å². The molecule has 0 bridgehead atoms. The second-order valence-corrected chi connectivity index (χ2v) is 6.90. The van der Waals surface area contributed by atoms with Crippen LogP contribution in [-0.4, -0.2) is 22.3 Å². The summed E-state index contributed by atoms with van der Waals surface area (Å²) in [5, 5.41) is 10.2. The number of nitrogens with zero attached hydrogens (tertiary/aromatic N) is 1. The van der Waals surface area contributed by atoms with Gasteiger partial charge in [0.15, 0.2) is 0 Å². The van der Waals surface area contributed by atoms with Crippen molar-refractivity contribution in [1.82, 2.24) is 4.98 Å². The number of aromatic nitrogens is 1. The summed E-state index contributed by atoms with van der Waals surface area (Å²) >= 11 is 4.29. The summed E-state index contributed by atoms with van der Waals surface area (Å²) in [6, 6.07) is 21.9. The van der Waals surface area contributed by atoms with Gasteiger partial charge < -0.3 is 5.11 Å². The molecule has 3 aromatic carbocycles. The van der Waals surface area contributed by atoms with Crippen LogP contribution in [0.3, 0.4) is 0 Å². The summed E-state index contributed by atoms with van der Waals surface area (Å²) < 4.78 is 0. The number of rotatable bonds is 4. The predicted molar refractivity (Wildman–Crippen MR) is 112 cm³/mol. The Morgan fingerprint density at radius 3 is 2.07 bits per heavy atom. The second-order valence-electron chi connectivity index (χ2n) is 6.38. The van der Waals surface area contributed by atoms with Crippen LogP contribution in [-0.2, 0) is 0 Å². The first-order valence-electron chi connectivity index (χ1n) is 8.58. The Morgan fingerprint density at radius 2 is 1.46 bits per heavy atom. The molecule has 5 heteroatoms. The Bertz CT molecular complexity index is 1200. The van der Waals surface area contributed by atoms with Crippen LogP contribution >= 0.6 is 12.6 Å². The smallest absolute Gasteiger partial charge is 0.336 e. The molecule has 28 heavy (non-hydrogen) atoms. The zero-order chi connectivity index (χ0) is 19.7. The second kappa shape index (κ2) is 7.29. The Balaban J connectivity index is 1.76. The number of carbonyl (C=O) groups is 2. The molecule has 0 atom stereocenters. The standard InChI is InChI=1S/C23H15NO3S/c25-13-14-1-3-15(4-2-14)16-5-7-17(8-6-16)22-12-20(23(26)27)19-11-18(28)9-10-21(19)24-22/h1-13,28H,(H,26,27). The zero-order valence-electron chi connectivity index (χ0n) is 14.7. The maximum Gasteiger partial charge on any atom is 0.336 e. The Morgan fingerprint density at radius 1 is 0.857 bits per heavy atom. The highest BCUT2D eigenvalue weighted by atomic mass is 32.1. The molecular formula is C23H15NO3S. The highest BCUT2D eigenvalue weighted by Crippen LogP contribution is 2.28. The fourth-order valence-electron chi connectivity index (χ4n) is 3.13. The minimum absolute atomic E-state index is 0.199. The SMILES string of the molecule is O=Cc1ccc(-c2ccc(-c3cc(C(=O)O)c4cc(S)ccc4n3)cc2)cc1. The Kier molecular flexibility index (Phi) is 4.67. The van der Waals surface area contributed by atoms with Crippen LogP contribution < -0.4 is 0 Å². The molecule has 0 amide bonds. The molecule has 4 aromatic rings. The molecule has 4 rings (SSSR count). The van der Waals surface area contributed by atoms with Crippen molar-refractivity contribution in [2.45, 2.75) is 4.90 Å². The van der Waals surface area contributed by atoms with Crippen molar-refractivity contribution in [2.24, 2.45) is 0 Å². The van der Waals surface area contributed by atoms with Crippen molar-refractivity contribution in [3.63, 3.8) is 0 Å². The van der Waals surface area contributed by atoms with E-state index in [-0.39, 0.29) is 5.56 Å². The van der Waals surface area contributed by atoms with Gasteiger partial charge in [-0.3, -0.25) is 4.79 Å². The lowest BCUT2D eigenvalue weighted by atomic mass is 10.00. The summed E-state index contributed by atoms with van der Waals surface area (Å²) in [6.45, 7) is 0. The van der Waals surface area contributed by atoms with Gasteiger partial charge in [-0.2, -0.15) is 0 Å². The number of carboxylic acid groups (broad SMARTS) is 1. The molecule has 0 saturated carbocycles. The maximum atomic E-state index is 11.7. The van der Waals surface area contributed by atoms with E-state index in [1.165, 1.54) is 0 Å². The molecule has 1 N–H and O–H groups in total. The van der Waals surface area contributed by atoms with Crippen LogP contribution in [0.4, 0.5) is 0 Å². The van der Waals surface area contributed by atoms with Gasteiger partial charge in [-0.25, -0.2) is 9.78 Å². The van der Waals surface area contributed by atoms with Gasteiger partial charge in [0.1, 0.15) is 6.29 Å². The molecule has 0 fully saturated rings. The van der Waals surface area contributed by atoms with Gasteiger partial charge >= 0.3 is 5.97 Å². The predicted octanol–water partition coefficient (Wildman–Crippen LogP) is 5.37. The first kappa shape index (κ1) is 17.9. The Labute approximate surface area is 166 Å². The summed E-state index contributed by atoms with van der Waals surface area (Å²) in [5.41, 5.74) is 4.86. The molecule has 0 unspecified atom stereocenters. The van der Waals surface area contributed by atoms with Gasteiger partial charge in [-0.1, -0.05) is 48.5 Å². The number of hydrogen-bond acceptors (Lipinski definition) is 4. The van der Waals surface area contributed by atoms with Crippen LogP contribution in [0.5, 0.6) is 0 Å². The van der Waals surface area contributed by atoms with Crippen LogP contribution in [0.15, 0.2) is 77.7 Å². The molecule has 0 spiro atoms. The third kappa shape index (κ3) is 3.40. The maximum absolute atomic E-state index is 11.7. The number of fused-ring (bicyclic) bond motifs is 1. The average Bonchev–Trinajstić information content (AvgIpc) is 2.73. The molecule has 136 valence electrons. The quantitative estimate of drug-likeness (QED) is 0.366. The van der Waals surface area contributed by atoms with Crippen molar-refractivity contribution in [1.29, 1.82) is 0 Å². The van der Waals surface area contributed by atoms with E-state index >= 15 is 0 Å². The van der Waals surface area contributed by atoms with Crippen LogP contribution in [0.1, 0.15) is 20.7 Å². The third-order valence-electron chi connectivity index (χ3n) is 4.58. The fourth-order valence-corrected chi connectivity index (χ4v) is 3.33. The molecule has 0 radical (unpaired) electrons. The van der Waals surface area contributed by atoms with Gasteiger partial charge in [0.25, 0.3) is 0 Å². The van der Waals surface area contributed by atoms with Crippen molar-refractivity contribution < 1.29 is 14.7 Å². The summed E-state index contributed by atoms with van der Waals surface area (Å²) in [7, 11) is 0. The number of carboxylic acids is 1. The monoisotopic (exact) mass is 385 g/mol. The van der Waals surface area contributed by atoms with Gasteiger partial charge in [0.2, 0.25) is 0 Å². The molecule has 4 nitrogen and oxygen atoms in total. The fraction of sp³-hybridized carbons (Fsp3) is 0. The number of aldehydes is 1. The van der Waals surface area contributed by atoms with E-state index < -0.39 is 5.97 Å². The highest BCUT2D eigenvalue weighted by Gasteiger charge is 2.13. The summed E-state index contributed by atoms with van der Waals surface area (Å²) in [5.74, 6) is -1.00. The lowest BCUT2D eigenvalue weighted by Crippen LogP contribution is -2.00. The number of carbonyl (C=O) groups excluding carboxylic acids is 1. The van der Waals surface area contributed by atoms with Gasteiger partial charge in [-0.05, 0) is 35.4 Å². The first-order valence-corrected chi connectivity index (χ1v) is 9.03. The topological polar surface area (TPSA) is 67.3 Å². The van der Waals surface area contributed by atoms with E-state index in [1.807, 2.05) is 36.4 Å². The number of benzene rings is 3. The minimum atomic E-state index is -1.00. The number of thiol groups is 1. The molecular weight excluding hydrogens is 370 g/mol. The third-order valence-corrected chi connectivity index (χ3v) is 4.86. The lowest BCUT2D eigenvalue weighted by molar-refractivity contribution is 0.0699. The van der Waals surface area contributed by atoms with E-state index in [0.29, 0.717) is 27.1 Å². The Hall–Kier alpha value is -3.44. The molecule has 1 heterocycles. The number of aromatic carboxylic acids is 1. The molecule has 0 saturated heterocycles. The van der Waals surface area contributed by atoms with Crippen LogP contribution in [0.2, 0.25) is 0 Å². The summed E-state index contributed by atoms with van der Waals surface area (Å²) in [4.78, 5) is 27.8. The van der Waals surface area contributed by atoms with Gasteiger partial charge in [0, 0.05) is 21.4 Å². The minimum Gasteiger partial charge on any atom is -0.478 e. The van der Waals surface area contributed by atoms with Crippen molar-refractivity contribution >= 4 is 35.8 Å². The largest absolute Gasteiger partial charge is 0.478 e. The van der Waals surface area contributed by atoms with E-state index in [4.69, 9.17) is 0 Å². The van der Waals surface area contributed by atoms with Gasteiger partial charge in [0.05, 0.1) is 16.8 Å². The van der Waals surface area contributed by atoms with Crippen molar-refractivity contribution in [3.05, 3.63) is 83.9 Å². The highest BCUT2D eigenvalue weighted by molar-refractivity contribution is 7.80. The van der Waals surface area contributed by atoms with E-state index in [9.17, 15) is 14.7 Å². The van der Waals surface area contributed by atoms with Crippen molar-refractivity contribution in [2.75, 3.05) is 0 Å². The average molecular weight is 385 g/mol. The number of pyridine rings is 1.